The van der Waals surface area contributed by atoms with E-state index >= 15 is 0 Å². The number of hydrogen-bond acceptors (Lipinski definition) is 5. The summed E-state index contributed by atoms with van der Waals surface area (Å²) in [6.07, 6.45) is 12.2. The summed E-state index contributed by atoms with van der Waals surface area (Å²) in [7, 11) is 1.63. The maximum absolute atomic E-state index is 9.52. The summed E-state index contributed by atoms with van der Waals surface area (Å²) in [5.41, 5.74) is 0.550. The van der Waals surface area contributed by atoms with Crippen LogP contribution in [0, 0.1) is 0 Å². The Labute approximate surface area is 141 Å². The highest BCUT2D eigenvalue weighted by Crippen LogP contribution is 2.46. The van der Waals surface area contributed by atoms with Crippen LogP contribution in [0.1, 0.15) is 24.0 Å². The number of aliphatic hydroxyl groups excluding tert-OH is 2. The normalized spacial score (nSPS) is 27.3. The number of hydrogen-bond donors (Lipinski definition) is 2. The fourth-order valence-corrected chi connectivity index (χ4v) is 3.51. The molecule has 1 aromatic rings. The van der Waals surface area contributed by atoms with E-state index < -0.39 is 11.1 Å². The van der Waals surface area contributed by atoms with Crippen molar-refractivity contribution in [3.63, 3.8) is 0 Å². The van der Waals surface area contributed by atoms with Crippen molar-refractivity contribution in [2.75, 3.05) is 20.3 Å². The van der Waals surface area contributed by atoms with E-state index in [-0.39, 0.29) is 13.2 Å². The van der Waals surface area contributed by atoms with Crippen LogP contribution in [0.2, 0.25) is 0 Å². The number of nitrogens with zero attached hydrogens (tertiary/aromatic N) is 2. The Morgan fingerprint density at radius 3 is 1.75 bits per heavy atom. The highest BCUT2D eigenvalue weighted by molar-refractivity contribution is 5.78. The maximum Gasteiger partial charge on any atom is 0.130 e. The van der Waals surface area contributed by atoms with Crippen molar-refractivity contribution in [1.29, 1.82) is 0 Å². The first-order chi connectivity index (χ1) is 11.7. The number of aliphatic imine (C=N–C) groups is 2. The summed E-state index contributed by atoms with van der Waals surface area (Å²) < 4.78 is 5.77. The molecule has 0 saturated carbocycles. The van der Waals surface area contributed by atoms with E-state index in [9.17, 15) is 10.2 Å². The zero-order valence-electron chi connectivity index (χ0n) is 13.7. The van der Waals surface area contributed by atoms with Gasteiger partial charge in [0.2, 0.25) is 0 Å². The van der Waals surface area contributed by atoms with Gasteiger partial charge in [0.1, 0.15) is 16.8 Å². The number of methoxy groups -OCH3 is 1. The first kappa shape index (κ1) is 16.6. The average molecular weight is 326 g/mol. The Hall–Kier alpha value is -2.24. The minimum absolute atomic E-state index is 0.0227. The van der Waals surface area contributed by atoms with Crippen molar-refractivity contribution < 1.29 is 14.9 Å². The number of benzene rings is 1. The summed E-state index contributed by atoms with van der Waals surface area (Å²) in [4.78, 5) is 9.18. The standard InChI is InChI=1S/C19H22N2O3/c1-24-17-15(18(9-13-22)7-3-11-20-18)5-2-6-16(17)19(10-14-23)8-4-12-21-19/h2-8,11-12,22-23H,9-10,13-14H2,1H3. The third-order valence-electron chi connectivity index (χ3n) is 4.66. The van der Waals surface area contributed by atoms with Gasteiger partial charge in [-0.15, -0.1) is 0 Å². The molecule has 0 aromatic heterocycles. The first-order valence-corrected chi connectivity index (χ1v) is 8.07. The molecular formula is C19H22N2O3. The molecule has 2 N–H and O–H groups in total. The van der Waals surface area contributed by atoms with Gasteiger partial charge in [0, 0.05) is 49.6 Å². The van der Waals surface area contributed by atoms with Gasteiger partial charge in [0.05, 0.1) is 7.11 Å². The van der Waals surface area contributed by atoms with Crippen LogP contribution in [0.25, 0.3) is 0 Å². The molecule has 0 radical (unpaired) electrons. The zero-order chi connectivity index (χ0) is 17.0. The molecule has 0 fully saturated rings. The zero-order valence-corrected chi connectivity index (χ0v) is 13.7. The minimum Gasteiger partial charge on any atom is -0.496 e. The molecular weight excluding hydrogens is 304 g/mol. The maximum atomic E-state index is 9.52. The highest BCUT2D eigenvalue weighted by atomic mass is 16.5. The van der Waals surface area contributed by atoms with Gasteiger partial charge >= 0.3 is 0 Å². The molecule has 0 spiro atoms. The van der Waals surface area contributed by atoms with E-state index in [1.54, 1.807) is 19.5 Å². The molecule has 5 nitrogen and oxygen atoms in total. The third-order valence-corrected chi connectivity index (χ3v) is 4.66. The molecule has 5 heteroatoms. The topological polar surface area (TPSA) is 74.4 Å². The van der Waals surface area contributed by atoms with Gasteiger partial charge in [0.15, 0.2) is 0 Å². The monoisotopic (exact) mass is 326 g/mol. The molecule has 0 amide bonds. The average Bonchev–Trinajstić information content (AvgIpc) is 3.26. The summed E-state index contributed by atoms with van der Waals surface area (Å²) in [6.45, 7) is 0.0454. The molecule has 126 valence electrons. The fourth-order valence-electron chi connectivity index (χ4n) is 3.51. The molecule has 1 aromatic carbocycles. The van der Waals surface area contributed by atoms with Gasteiger partial charge in [-0.05, 0) is 12.2 Å². The third kappa shape index (κ3) is 2.60. The molecule has 2 aliphatic heterocycles. The van der Waals surface area contributed by atoms with E-state index in [0.29, 0.717) is 18.6 Å². The Kier molecular flexibility index (Phi) is 4.64. The van der Waals surface area contributed by atoms with Crippen LogP contribution in [-0.4, -0.2) is 43.0 Å². The SMILES string of the molecule is COc1c(C2(CCO)C=CC=N2)cccc1C1(CCO)C=CC=N1. The smallest absolute Gasteiger partial charge is 0.130 e. The summed E-state index contributed by atoms with van der Waals surface area (Å²) in [5.74, 6) is 0.701. The summed E-state index contributed by atoms with van der Waals surface area (Å²) >= 11 is 0. The van der Waals surface area contributed by atoms with Crippen molar-refractivity contribution in [2.45, 2.75) is 23.9 Å². The highest BCUT2D eigenvalue weighted by Gasteiger charge is 2.38. The van der Waals surface area contributed by atoms with Crippen LogP contribution < -0.4 is 4.74 Å². The van der Waals surface area contributed by atoms with E-state index in [4.69, 9.17) is 4.74 Å². The Bertz CT molecular complexity index is 639. The molecule has 3 rings (SSSR count). The van der Waals surface area contributed by atoms with Crippen LogP contribution in [0.15, 0.2) is 52.5 Å². The second-order valence-corrected chi connectivity index (χ2v) is 5.96. The van der Waals surface area contributed by atoms with Gasteiger partial charge in [-0.2, -0.15) is 0 Å². The lowest BCUT2D eigenvalue weighted by molar-refractivity contribution is 0.253. The van der Waals surface area contributed by atoms with Gasteiger partial charge in [0.25, 0.3) is 0 Å². The van der Waals surface area contributed by atoms with E-state index in [0.717, 1.165) is 11.1 Å². The Morgan fingerprint density at radius 2 is 1.42 bits per heavy atom. The van der Waals surface area contributed by atoms with Crippen LogP contribution in [0.4, 0.5) is 0 Å². The number of para-hydroxylation sites is 1. The number of allylic oxidation sites excluding steroid dienone is 2. The minimum atomic E-state index is -0.622. The Morgan fingerprint density at radius 1 is 0.917 bits per heavy atom. The lowest BCUT2D eigenvalue weighted by Gasteiger charge is -2.31. The predicted molar refractivity (Wildman–Crippen MR) is 95.0 cm³/mol. The van der Waals surface area contributed by atoms with Crippen molar-refractivity contribution in [3.05, 3.63) is 53.6 Å². The molecule has 2 aliphatic rings. The Balaban J connectivity index is 2.17. The van der Waals surface area contributed by atoms with E-state index in [2.05, 4.69) is 9.98 Å². The van der Waals surface area contributed by atoms with Gasteiger partial charge < -0.3 is 14.9 Å². The van der Waals surface area contributed by atoms with Crippen LogP contribution >= 0.6 is 0 Å². The quantitative estimate of drug-likeness (QED) is 0.806. The van der Waals surface area contributed by atoms with Gasteiger partial charge in [-0.1, -0.05) is 30.4 Å². The lowest BCUT2D eigenvalue weighted by Crippen LogP contribution is -2.26. The van der Waals surface area contributed by atoms with Gasteiger partial charge in [-0.25, -0.2) is 0 Å². The number of aliphatic hydroxyl groups is 2. The van der Waals surface area contributed by atoms with Crippen molar-refractivity contribution in [1.82, 2.24) is 0 Å². The fraction of sp³-hybridized carbons (Fsp3) is 0.368. The molecule has 0 saturated heterocycles. The summed E-state index contributed by atoms with van der Waals surface area (Å²) in [6, 6.07) is 5.90. The first-order valence-electron chi connectivity index (χ1n) is 8.07. The summed E-state index contributed by atoms with van der Waals surface area (Å²) in [5, 5.41) is 19.0. The van der Waals surface area contributed by atoms with Crippen LogP contribution in [0.3, 0.4) is 0 Å². The van der Waals surface area contributed by atoms with Crippen LogP contribution in [-0.2, 0) is 11.1 Å². The van der Waals surface area contributed by atoms with Crippen molar-refractivity contribution in [3.8, 4) is 5.75 Å². The largest absolute Gasteiger partial charge is 0.496 e. The predicted octanol–water partition coefficient (Wildman–Crippen LogP) is 2.13. The second kappa shape index (κ2) is 6.71. The molecule has 24 heavy (non-hydrogen) atoms. The lowest BCUT2D eigenvalue weighted by atomic mass is 9.81. The molecule has 2 atom stereocenters. The molecule has 0 aliphatic carbocycles. The van der Waals surface area contributed by atoms with E-state index in [1.807, 2.05) is 42.5 Å². The van der Waals surface area contributed by atoms with Crippen molar-refractivity contribution in [2.24, 2.45) is 9.98 Å². The van der Waals surface area contributed by atoms with E-state index in [1.165, 1.54) is 0 Å². The number of rotatable bonds is 7. The van der Waals surface area contributed by atoms with Crippen molar-refractivity contribution >= 4 is 12.4 Å². The molecule has 2 heterocycles. The molecule has 0 bridgehead atoms. The van der Waals surface area contributed by atoms with Gasteiger partial charge in [-0.3, -0.25) is 9.98 Å². The number of ether oxygens (including phenoxy) is 1. The second-order valence-electron chi connectivity index (χ2n) is 5.96. The molecule has 2 unspecified atom stereocenters. The van der Waals surface area contributed by atoms with Crippen LogP contribution in [0.5, 0.6) is 5.75 Å².